The van der Waals surface area contributed by atoms with E-state index in [1.54, 1.807) is 0 Å². The number of esters is 1. The molecular weight excluding hydrogens is 320 g/mol. The van der Waals surface area contributed by atoms with Crippen LogP contribution in [0.4, 0.5) is 0 Å². The van der Waals surface area contributed by atoms with Crippen LogP contribution in [0.5, 0.6) is 0 Å². The zero-order chi connectivity index (χ0) is 17.9. The van der Waals surface area contributed by atoms with E-state index in [1.807, 2.05) is 19.9 Å². The van der Waals surface area contributed by atoms with Gasteiger partial charge in [-0.25, -0.2) is 4.79 Å². The Labute approximate surface area is 140 Å². The molecule has 0 bridgehead atoms. The zero-order valence-corrected chi connectivity index (χ0v) is 13.7. The normalized spacial score (nSPS) is 38.2. The molecule has 2 fully saturated rings. The second kappa shape index (κ2) is 8.19. The largest absolute Gasteiger partial charge is 0.454 e. The van der Waals surface area contributed by atoms with Crippen molar-refractivity contribution in [1.29, 1.82) is 0 Å². The van der Waals surface area contributed by atoms with Crippen LogP contribution >= 0.6 is 0 Å². The second-order valence-corrected chi connectivity index (χ2v) is 6.15. The Kier molecular flexibility index (Phi) is 6.50. The highest BCUT2D eigenvalue weighted by molar-refractivity contribution is 5.90. The predicted octanol–water partition coefficient (Wildman–Crippen LogP) is -0.989. The van der Waals surface area contributed by atoms with Crippen molar-refractivity contribution in [3.05, 3.63) is 23.3 Å². The first-order valence-corrected chi connectivity index (χ1v) is 7.80. The molecule has 2 aliphatic rings. The Balaban J connectivity index is 1.91. The summed E-state index contributed by atoms with van der Waals surface area (Å²) in [7, 11) is 0. The van der Waals surface area contributed by atoms with Gasteiger partial charge in [0.2, 0.25) is 0 Å². The minimum atomic E-state index is -1.49. The van der Waals surface area contributed by atoms with Gasteiger partial charge in [0.15, 0.2) is 6.29 Å². The molecule has 1 unspecified atom stereocenters. The van der Waals surface area contributed by atoms with Gasteiger partial charge in [0.05, 0.1) is 13.2 Å². The first kappa shape index (κ1) is 19.0. The lowest BCUT2D eigenvalue weighted by Gasteiger charge is -2.39. The van der Waals surface area contributed by atoms with Crippen LogP contribution in [0.3, 0.4) is 0 Å². The Morgan fingerprint density at radius 3 is 2.58 bits per heavy atom. The first-order chi connectivity index (χ1) is 11.3. The summed E-state index contributed by atoms with van der Waals surface area (Å²) in [5, 5.41) is 38.3. The topological polar surface area (TPSA) is 126 Å². The number of ether oxygens (including phenoxy) is 3. The van der Waals surface area contributed by atoms with E-state index in [0.29, 0.717) is 12.0 Å². The molecule has 0 spiro atoms. The van der Waals surface area contributed by atoms with Crippen molar-refractivity contribution in [2.75, 3.05) is 13.2 Å². The Morgan fingerprint density at radius 1 is 1.25 bits per heavy atom. The standard InChI is InChI=1S/C16H24O8/c1-8(2)5-10-6-9(15(21)23-10)3-4-22-16-14(20)13(19)12(18)11(7-17)24-16/h3,5,10-14,16-20H,4,6-7H2,1-2H3/b9-3-/t10?,11-,12-,13+,14-,16-/m1/s1. The maximum atomic E-state index is 11.7. The van der Waals surface area contributed by atoms with Crippen LogP contribution in [-0.4, -0.2) is 76.4 Å². The Hall–Kier alpha value is -1.29. The van der Waals surface area contributed by atoms with Crippen LogP contribution < -0.4 is 0 Å². The van der Waals surface area contributed by atoms with Gasteiger partial charge in [0.25, 0.3) is 0 Å². The number of aliphatic hydroxyl groups is 4. The van der Waals surface area contributed by atoms with Crippen LogP contribution in [0.15, 0.2) is 23.3 Å². The molecule has 2 rings (SSSR count). The minimum Gasteiger partial charge on any atom is -0.454 e. The lowest BCUT2D eigenvalue weighted by Crippen LogP contribution is -2.59. The number of hydrogen-bond donors (Lipinski definition) is 4. The van der Waals surface area contributed by atoms with Gasteiger partial charge in [-0.3, -0.25) is 0 Å². The maximum absolute atomic E-state index is 11.7. The average Bonchev–Trinajstić information content (AvgIpc) is 2.86. The van der Waals surface area contributed by atoms with Gasteiger partial charge in [0, 0.05) is 12.0 Å². The summed E-state index contributed by atoms with van der Waals surface area (Å²) >= 11 is 0. The summed E-state index contributed by atoms with van der Waals surface area (Å²) in [6.07, 6.45) is -3.11. The van der Waals surface area contributed by atoms with Crippen molar-refractivity contribution in [3.63, 3.8) is 0 Å². The molecule has 2 heterocycles. The quantitative estimate of drug-likeness (QED) is 0.285. The zero-order valence-electron chi connectivity index (χ0n) is 13.7. The molecular formula is C16H24O8. The molecule has 6 atom stereocenters. The smallest absolute Gasteiger partial charge is 0.334 e. The summed E-state index contributed by atoms with van der Waals surface area (Å²) in [4.78, 5) is 11.7. The van der Waals surface area contributed by atoms with E-state index in [-0.39, 0.29) is 12.7 Å². The second-order valence-electron chi connectivity index (χ2n) is 6.15. The molecule has 0 radical (unpaired) electrons. The van der Waals surface area contributed by atoms with E-state index < -0.39 is 43.3 Å². The SMILES string of the molecule is CC(C)=CC1C/C(=C/CO[C@@H]2O[C@H](CO)[C@@H](O)[C@H](O)[C@H]2O)C(=O)O1. The van der Waals surface area contributed by atoms with Crippen molar-refractivity contribution in [1.82, 2.24) is 0 Å². The van der Waals surface area contributed by atoms with Gasteiger partial charge < -0.3 is 34.6 Å². The third-order valence-corrected chi connectivity index (χ3v) is 3.90. The minimum absolute atomic E-state index is 0.0470. The molecule has 0 aromatic rings. The number of hydrogen-bond acceptors (Lipinski definition) is 8. The van der Waals surface area contributed by atoms with Crippen LogP contribution in [0.1, 0.15) is 20.3 Å². The maximum Gasteiger partial charge on any atom is 0.334 e. The first-order valence-electron chi connectivity index (χ1n) is 7.80. The van der Waals surface area contributed by atoms with E-state index >= 15 is 0 Å². The molecule has 8 heteroatoms. The van der Waals surface area contributed by atoms with Crippen LogP contribution in [0.2, 0.25) is 0 Å². The average molecular weight is 344 g/mol. The fourth-order valence-electron chi connectivity index (χ4n) is 2.63. The Morgan fingerprint density at radius 2 is 1.96 bits per heavy atom. The third-order valence-electron chi connectivity index (χ3n) is 3.90. The van der Waals surface area contributed by atoms with E-state index in [9.17, 15) is 20.1 Å². The molecule has 24 heavy (non-hydrogen) atoms. The summed E-state index contributed by atoms with van der Waals surface area (Å²) in [5.74, 6) is -0.421. The molecule has 0 aromatic heterocycles. The van der Waals surface area contributed by atoms with E-state index in [1.165, 1.54) is 6.08 Å². The number of cyclic esters (lactones) is 1. The number of carbonyl (C=O) groups excluding carboxylic acids is 1. The lowest BCUT2D eigenvalue weighted by atomic mass is 9.99. The van der Waals surface area contributed by atoms with Gasteiger partial charge >= 0.3 is 5.97 Å². The van der Waals surface area contributed by atoms with Crippen molar-refractivity contribution in [3.8, 4) is 0 Å². The van der Waals surface area contributed by atoms with Gasteiger partial charge in [-0.2, -0.15) is 0 Å². The third kappa shape index (κ3) is 4.41. The van der Waals surface area contributed by atoms with E-state index in [2.05, 4.69) is 0 Å². The fraction of sp³-hybridized carbons (Fsp3) is 0.688. The fourth-order valence-corrected chi connectivity index (χ4v) is 2.63. The van der Waals surface area contributed by atoms with Gasteiger partial charge in [-0.1, -0.05) is 5.57 Å². The molecule has 0 aliphatic carbocycles. The lowest BCUT2D eigenvalue weighted by molar-refractivity contribution is -0.298. The van der Waals surface area contributed by atoms with E-state index in [0.717, 1.165) is 5.57 Å². The van der Waals surface area contributed by atoms with Crippen molar-refractivity contribution >= 4 is 5.97 Å². The summed E-state index contributed by atoms with van der Waals surface area (Å²) < 4.78 is 15.7. The number of aliphatic hydroxyl groups excluding tert-OH is 4. The highest BCUT2D eigenvalue weighted by atomic mass is 16.7. The highest BCUT2D eigenvalue weighted by Gasteiger charge is 2.43. The number of allylic oxidation sites excluding steroid dienone is 1. The molecule has 136 valence electrons. The molecule has 8 nitrogen and oxygen atoms in total. The van der Waals surface area contributed by atoms with Crippen molar-refractivity contribution < 1.29 is 39.4 Å². The molecule has 4 N–H and O–H groups in total. The van der Waals surface area contributed by atoms with E-state index in [4.69, 9.17) is 19.3 Å². The number of rotatable bonds is 5. The Bertz CT molecular complexity index is 508. The number of carbonyl (C=O) groups is 1. The monoisotopic (exact) mass is 344 g/mol. The summed E-state index contributed by atoms with van der Waals surface area (Å²) in [6.45, 7) is 3.26. The van der Waals surface area contributed by atoms with Gasteiger partial charge in [-0.05, 0) is 26.0 Å². The van der Waals surface area contributed by atoms with Crippen LogP contribution in [0.25, 0.3) is 0 Å². The highest BCUT2D eigenvalue weighted by Crippen LogP contribution is 2.24. The van der Waals surface area contributed by atoms with Gasteiger partial charge in [0.1, 0.15) is 30.5 Å². The molecule has 0 amide bonds. The molecule has 0 saturated carbocycles. The van der Waals surface area contributed by atoms with Gasteiger partial charge in [-0.15, -0.1) is 0 Å². The van der Waals surface area contributed by atoms with Crippen LogP contribution in [-0.2, 0) is 19.0 Å². The van der Waals surface area contributed by atoms with Crippen molar-refractivity contribution in [2.45, 2.75) is 57.1 Å². The molecule has 0 aromatic carbocycles. The molecule has 2 aliphatic heterocycles. The summed E-state index contributed by atoms with van der Waals surface area (Å²) in [6, 6.07) is 0. The van der Waals surface area contributed by atoms with Crippen molar-refractivity contribution in [2.24, 2.45) is 0 Å². The predicted molar refractivity (Wildman–Crippen MR) is 81.7 cm³/mol. The summed E-state index contributed by atoms with van der Waals surface area (Å²) in [5.41, 5.74) is 1.51. The van der Waals surface area contributed by atoms with Crippen LogP contribution in [0, 0.1) is 0 Å². The molecule has 2 saturated heterocycles.